The van der Waals surface area contributed by atoms with Crippen LogP contribution in [0.4, 0.5) is 0 Å². The first-order valence-corrected chi connectivity index (χ1v) is 11.7. The van der Waals surface area contributed by atoms with E-state index >= 15 is 0 Å². The molecule has 0 unspecified atom stereocenters. The van der Waals surface area contributed by atoms with Crippen LogP contribution in [0.15, 0.2) is 60.7 Å². The Morgan fingerprint density at radius 2 is 1.24 bits per heavy atom. The first-order valence-electron chi connectivity index (χ1n) is 11.7. The number of hydrogen-bond acceptors (Lipinski definition) is 4. The Morgan fingerprint density at radius 1 is 0.595 bits per heavy atom. The van der Waals surface area contributed by atoms with E-state index in [9.17, 15) is 34.5 Å². The summed E-state index contributed by atoms with van der Waals surface area (Å²) in [6.07, 6.45) is 0.748. The van der Waals surface area contributed by atoms with E-state index in [0.717, 1.165) is 5.56 Å². The first-order chi connectivity index (χ1) is 17.7. The summed E-state index contributed by atoms with van der Waals surface area (Å²) in [7, 11) is 0. The topological polar surface area (TPSA) is 149 Å². The van der Waals surface area contributed by atoms with Gasteiger partial charge >= 0.3 is 23.9 Å². The van der Waals surface area contributed by atoms with Crippen molar-refractivity contribution < 1.29 is 39.6 Å². The molecule has 188 valence electrons. The van der Waals surface area contributed by atoms with Gasteiger partial charge in [0, 0.05) is 12.8 Å². The summed E-state index contributed by atoms with van der Waals surface area (Å²) in [4.78, 5) is 46.3. The van der Waals surface area contributed by atoms with Crippen molar-refractivity contribution in [2.45, 2.75) is 32.1 Å². The number of fused-ring (bicyclic) bond motifs is 2. The molecule has 0 bridgehead atoms. The Hall–Kier alpha value is -4.72. The lowest BCUT2D eigenvalue weighted by Crippen LogP contribution is -2.04. The number of aromatic carboxylic acids is 2. The van der Waals surface area contributed by atoms with Crippen molar-refractivity contribution in [1.82, 2.24) is 0 Å². The molecule has 0 fully saturated rings. The van der Waals surface area contributed by atoms with Crippen molar-refractivity contribution in [2.24, 2.45) is 0 Å². The molecule has 37 heavy (non-hydrogen) atoms. The zero-order valence-electron chi connectivity index (χ0n) is 19.7. The second-order valence-electron chi connectivity index (χ2n) is 8.78. The predicted octanol–water partition coefficient (Wildman–Crippen LogP) is 5.48. The third-order valence-corrected chi connectivity index (χ3v) is 6.46. The Kier molecular flexibility index (Phi) is 7.20. The van der Waals surface area contributed by atoms with Gasteiger partial charge in [0.05, 0.1) is 11.1 Å². The van der Waals surface area contributed by atoms with Crippen molar-refractivity contribution in [2.75, 3.05) is 0 Å². The normalized spacial score (nSPS) is 11.0. The molecule has 4 aromatic rings. The molecule has 0 spiro atoms. The SMILES string of the molecule is O=C(O)CCCc1c(-c2ccc3c(C(=O)O)ccc(CCC(=O)O)c3c2)cc(C(=O)O)c2ccccc12. The number of carboxylic acids is 4. The van der Waals surface area contributed by atoms with Gasteiger partial charge in [-0.25, -0.2) is 9.59 Å². The van der Waals surface area contributed by atoms with E-state index in [0.29, 0.717) is 51.1 Å². The van der Waals surface area contributed by atoms with Crippen molar-refractivity contribution in [3.05, 3.63) is 82.9 Å². The van der Waals surface area contributed by atoms with E-state index in [4.69, 9.17) is 5.11 Å². The Balaban J connectivity index is 1.99. The van der Waals surface area contributed by atoms with Crippen molar-refractivity contribution in [3.8, 4) is 11.1 Å². The van der Waals surface area contributed by atoms with Crippen LogP contribution in [0.3, 0.4) is 0 Å². The van der Waals surface area contributed by atoms with Gasteiger partial charge in [-0.3, -0.25) is 9.59 Å². The fourth-order valence-electron chi connectivity index (χ4n) is 4.78. The van der Waals surface area contributed by atoms with Crippen LogP contribution in [0.25, 0.3) is 32.7 Å². The number of aryl methyl sites for hydroxylation is 2. The summed E-state index contributed by atoms with van der Waals surface area (Å²) < 4.78 is 0. The lowest BCUT2D eigenvalue weighted by molar-refractivity contribution is -0.138. The van der Waals surface area contributed by atoms with Gasteiger partial charge in [0.15, 0.2) is 0 Å². The zero-order chi connectivity index (χ0) is 26.7. The highest BCUT2D eigenvalue weighted by Gasteiger charge is 2.19. The minimum atomic E-state index is -1.12. The van der Waals surface area contributed by atoms with Crippen molar-refractivity contribution in [3.63, 3.8) is 0 Å². The predicted molar refractivity (Wildman–Crippen MR) is 137 cm³/mol. The summed E-state index contributed by atoms with van der Waals surface area (Å²) in [5.74, 6) is -4.13. The quantitative estimate of drug-likeness (QED) is 0.224. The lowest BCUT2D eigenvalue weighted by atomic mass is 9.86. The fourth-order valence-corrected chi connectivity index (χ4v) is 4.78. The van der Waals surface area contributed by atoms with E-state index in [-0.39, 0.29) is 30.4 Å². The van der Waals surface area contributed by atoms with Gasteiger partial charge in [-0.1, -0.05) is 42.5 Å². The molecular formula is C29H24O8. The van der Waals surface area contributed by atoms with Crippen LogP contribution >= 0.6 is 0 Å². The first kappa shape index (κ1) is 25.4. The summed E-state index contributed by atoms with van der Waals surface area (Å²) in [5, 5.41) is 40.2. The number of rotatable bonds is 10. The maximum Gasteiger partial charge on any atom is 0.336 e. The molecule has 0 atom stereocenters. The van der Waals surface area contributed by atoms with E-state index < -0.39 is 23.9 Å². The molecule has 0 aromatic heterocycles. The van der Waals surface area contributed by atoms with Gasteiger partial charge in [0.1, 0.15) is 0 Å². The molecule has 4 rings (SSSR count). The van der Waals surface area contributed by atoms with Crippen LogP contribution in [0.5, 0.6) is 0 Å². The minimum absolute atomic E-state index is 0.0481. The van der Waals surface area contributed by atoms with Crippen molar-refractivity contribution >= 4 is 45.4 Å². The number of benzene rings is 4. The summed E-state index contributed by atoms with van der Waals surface area (Å²) >= 11 is 0. The maximum absolute atomic E-state index is 12.1. The third-order valence-electron chi connectivity index (χ3n) is 6.46. The Labute approximate surface area is 211 Å². The second-order valence-corrected chi connectivity index (χ2v) is 8.78. The second kappa shape index (κ2) is 10.5. The molecule has 0 radical (unpaired) electrons. The van der Waals surface area contributed by atoms with Gasteiger partial charge in [0.2, 0.25) is 0 Å². The maximum atomic E-state index is 12.1. The third kappa shape index (κ3) is 5.28. The van der Waals surface area contributed by atoms with Gasteiger partial charge in [0.25, 0.3) is 0 Å². The van der Waals surface area contributed by atoms with Crippen molar-refractivity contribution in [1.29, 1.82) is 0 Å². The molecule has 0 heterocycles. The molecule has 0 saturated carbocycles. The smallest absolute Gasteiger partial charge is 0.336 e. The van der Waals surface area contributed by atoms with Crippen LogP contribution in [-0.4, -0.2) is 44.3 Å². The monoisotopic (exact) mass is 500 g/mol. The minimum Gasteiger partial charge on any atom is -0.481 e. The molecular weight excluding hydrogens is 476 g/mol. The summed E-state index contributed by atoms with van der Waals surface area (Å²) in [6, 6.07) is 16.8. The average Bonchev–Trinajstić information content (AvgIpc) is 2.86. The van der Waals surface area contributed by atoms with E-state index in [1.165, 1.54) is 6.07 Å². The summed E-state index contributed by atoms with van der Waals surface area (Å²) in [5.41, 5.74) is 2.86. The molecule has 0 saturated heterocycles. The molecule has 4 N–H and O–H groups in total. The van der Waals surface area contributed by atoms with E-state index in [2.05, 4.69) is 0 Å². The highest BCUT2D eigenvalue weighted by Crippen LogP contribution is 2.37. The van der Waals surface area contributed by atoms with Gasteiger partial charge in [-0.05, 0) is 81.3 Å². The largest absolute Gasteiger partial charge is 0.481 e. The van der Waals surface area contributed by atoms with E-state index in [1.54, 1.807) is 48.5 Å². The fraction of sp³-hybridized carbons (Fsp3) is 0.172. The lowest BCUT2D eigenvalue weighted by Gasteiger charge is -2.17. The van der Waals surface area contributed by atoms with Crippen LogP contribution in [0.2, 0.25) is 0 Å². The van der Waals surface area contributed by atoms with Crippen LogP contribution in [0.1, 0.15) is 51.1 Å². The molecule has 8 heteroatoms. The Bertz CT molecular complexity index is 1570. The molecule has 0 aliphatic rings. The number of carbonyl (C=O) groups is 4. The number of aliphatic carboxylic acids is 2. The molecule has 0 amide bonds. The van der Waals surface area contributed by atoms with Gasteiger partial charge < -0.3 is 20.4 Å². The highest BCUT2D eigenvalue weighted by atomic mass is 16.4. The van der Waals surface area contributed by atoms with Gasteiger partial charge in [-0.2, -0.15) is 0 Å². The standard InChI is InChI=1S/C29H24O8/c30-26(31)7-3-6-19-18-4-1-2-5-20(18)25(29(36)37)15-24(19)17-9-11-21-22(28(34)35)12-8-16(23(21)14-17)10-13-27(32)33/h1-2,4-5,8-9,11-12,14-15H,3,6-7,10,13H2,(H,30,31)(H,32,33)(H,34,35)(H,36,37). The van der Waals surface area contributed by atoms with Crippen LogP contribution < -0.4 is 0 Å². The van der Waals surface area contributed by atoms with Crippen LogP contribution in [-0.2, 0) is 22.4 Å². The molecule has 0 aliphatic heterocycles. The zero-order valence-corrected chi connectivity index (χ0v) is 19.7. The van der Waals surface area contributed by atoms with Gasteiger partial charge in [-0.15, -0.1) is 0 Å². The number of carboxylic acid groups (broad SMARTS) is 4. The average molecular weight is 501 g/mol. The van der Waals surface area contributed by atoms with E-state index in [1.807, 2.05) is 6.07 Å². The molecule has 0 aliphatic carbocycles. The summed E-state index contributed by atoms with van der Waals surface area (Å²) in [6.45, 7) is 0. The highest BCUT2D eigenvalue weighted by molar-refractivity contribution is 6.09. The molecule has 4 aromatic carbocycles. The Morgan fingerprint density at radius 3 is 1.89 bits per heavy atom. The van der Waals surface area contributed by atoms with Crippen LogP contribution in [0, 0.1) is 0 Å². The molecule has 8 nitrogen and oxygen atoms in total. The number of hydrogen-bond donors (Lipinski definition) is 4.